The van der Waals surface area contributed by atoms with Crippen molar-refractivity contribution in [1.29, 1.82) is 0 Å². The van der Waals surface area contributed by atoms with Crippen LogP contribution in [0.4, 0.5) is 4.79 Å². The van der Waals surface area contributed by atoms with E-state index in [9.17, 15) is 14.4 Å². The molecule has 0 radical (unpaired) electrons. The van der Waals surface area contributed by atoms with Gasteiger partial charge in [0.05, 0.1) is 11.6 Å². The number of benzene rings is 1. The van der Waals surface area contributed by atoms with Crippen LogP contribution in [0.25, 0.3) is 11.3 Å². The van der Waals surface area contributed by atoms with E-state index in [0.29, 0.717) is 44.0 Å². The quantitative estimate of drug-likeness (QED) is 0.547. The number of alkyl carbamates (subject to hydrolysis) is 1. The van der Waals surface area contributed by atoms with E-state index < -0.39 is 11.2 Å². The summed E-state index contributed by atoms with van der Waals surface area (Å²) in [5.41, 5.74) is 1.46. The Morgan fingerprint density at radius 2 is 1.56 bits per heavy atom. The normalized spacial score (nSPS) is 18.3. The van der Waals surface area contributed by atoms with Crippen molar-refractivity contribution < 1.29 is 23.9 Å². The van der Waals surface area contributed by atoms with Crippen LogP contribution in [0, 0.1) is 11.8 Å². The molecule has 3 heterocycles. The molecule has 0 bridgehead atoms. The molecule has 0 aliphatic carbocycles. The Bertz CT molecular complexity index is 1180. The van der Waals surface area contributed by atoms with Crippen molar-refractivity contribution in [3.63, 3.8) is 0 Å². The number of carbonyl (C=O) groups excluding carboxylic acids is 3. The highest BCUT2D eigenvalue weighted by Crippen LogP contribution is 2.27. The minimum absolute atomic E-state index is 0.0198. The third kappa shape index (κ3) is 7.83. The second-order valence-corrected chi connectivity index (χ2v) is 12.7. The number of likely N-dealkylation sites (tertiary alicyclic amines) is 1. The number of fused-ring (bicyclic) bond motifs is 1. The Morgan fingerprint density at radius 3 is 2.18 bits per heavy atom. The Hall–Kier alpha value is -3.36. The first kappa shape index (κ1) is 28.6. The van der Waals surface area contributed by atoms with Crippen LogP contribution in [0.1, 0.15) is 77.0 Å². The molecule has 4 rings (SSSR count). The number of hydrogen-bond donors (Lipinski definition) is 1. The molecule has 0 spiro atoms. The van der Waals surface area contributed by atoms with Crippen molar-refractivity contribution in [2.24, 2.45) is 11.8 Å². The van der Waals surface area contributed by atoms with E-state index in [1.807, 2.05) is 70.7 Å². The molecule has 1 fully saturated rings. The van der Waals surface area contributed by atoms with Crippen molar-refractivity contribution >= 4 is 18.0 Å². The monoisotopic (exact) mass is 538 g/mol. The maximum absolute atomic E-state index is 13.1. The summed E-state index contributed by atoms with van der Waals surface area (Å²) in [6, 6.07) is 7.58. The van der Waals surface area contributed by atoms with Crippen molar-refractivity contribution in [1.82, 2.24) is 19.8 Å². The van der Waals surface area contributed by atoms with E-state index in [-0.39, 0.29) is 23.9 Å². The van der Waals surface area contributed by atoms with Crippen LogP contribution in [0.15, 0.2) is 30.5 Å². The number of aromatic nitrogens is 2. The van der Waals surface area contributed by atoms with Crippen LogP contribution in [-0.2, 0) is 27.2 Å². The smallest absolute Gasteiger partial charge is 0.407 e. The fourth-order valence-electron chi connectivity index (χ4n) is 5.02. The zero-order chi connectivity index (χ0) is 28.4. The Labute approximate surface area is 231 Å². The van der Waals surface area contributed by atoms with E-state index in [1.54, 1.807) is 0 Å². The number of rotatable bonds is 5. The fourth-order valence-corrected chi connectivity index (χ4v) is 5.02. The van der Waals surface area contributed by atoms with E-state index in [1.165, 1.54) is 0 Å². The molecule has 1 atom stereocenters. The molecule has 2 aromatic rings. The van der Waals surface area contributed by atoms with E-state index >= 15 is 0 Å². The van der Waals surface area contributed by atoms with Crippen molar-refractivity contribution in [2.45, 2.75) is 85.0 Å². The van der Waals surface area contributed by atoms with Crippen LogP contribution in [0.5, 0.6) is 0 Å². The van der Waals surface area contributed by atoms with E-state index in [4.69, 9.17) is 14.5 Å². The first-order valence-electron chi connectivity index (χ1n) is 13.9. The lowest BCUT2D eigenvalue weighted by atomic mass is 9.96. The van der Waals surface area contributed by atoms with E-state index in [0.717, 1.165) is 36.5 Å². The van der Waals surface area contributed by atoms with Gasteiger partial charge in [-0.05, 0) is 78.9 Å². The van der Waals surface area contributed by atoms with E-state index in [2.05, 4.69) is 16.1 Å². The highest BCUT2D eigenvalue weighted by atomic mass is 16.6. The highest BCUT2D eigenvalue weighted by Gasteiger charge is 2.31. The maximum atomic E-state index is 13.1. The summed E-state index contributed by atoms with van der Waals surface area (Å²) in [6.45, 7) is 13.7. The second-order valence-electron chi connectivity index (χ2n) is 12.7. The van der Waals surface area contributed by atoms with Crippen LogP contribution in [0.3, 0.4) is 0 Å². The molecule has 39 heavy (non-hydrogen) atoms. The molecule has 9 nitrogen and oxygen atoms in total. The number of piperidine rings is 1. The molecule has 212 valence electrons. The highest BCUT2D eigenvalue weighted by molar-refractivity contribution is 5.94. The molecule has 1 unspecified atom stereocenters. The summed E-state index contributed by atoms with van der Waals surface area (Å²) >= 11 is 0. The predicted octanol–water partition coefficient (Wildman–Crippen LogP) is 4.83. The van der Waals surface area contributed by atoms with Crippen LogP contribution < -0.4 is 5.32 Å². The molecule has 1 saturated heterocycles. The minimum atomic E-state index is -0.513. The van der Waals surface area contributed by atoms with Gasteiger partial charge in [0, 0.05) is 49.9 Å². The summed E-state index contributed by atoms with van der Waals surface area (Å²) in [4.78, 5) is 44.1. The number of hydrogen-bond acceptors (Lipinski definition) is 6. The van der Waals surface area contributed by atoms with Gasteiger partial charge in [-0.1, -0.05) is 12.1 Å². The lowest BCUT2D eigenvalue weighted by Crippen LogP contribution is -2.41. The van der Waals surface area contributed by atoms with Gasteiger partial charge in [0.1, 0.15) is 17.0 Å². The first-order chi connectivity index (χ1) is 18.3. The maximum Gasteiger partial charge on any atom is 0.407 e. The molecule has 2 aliphatic rings. The predicted molar refractivity (Wildman–Crippen MR) is 148 cm³/mol. The standard InChI is InChI=1S/C30H42N4O5/c1-29(2,3)38-27(36)23-12-15-33(16-13-23)26(35)22-9-7-21(8-10-22)24-19-34-14-11-20(17-25(34)32-24)18-31-28(37)39-30(4,5)6/h7-10,19-20,23H,11-18H2,1-6H3,(H,31,37). The average Bonchev–Trinajstić information content (AvgIpc) is 3.29. The summed E-state index contributed by atoms with van der Waals surface area (Å²) in [7, 11) is 0. The second kappa shape index (κ2) is 11.4. The van der Waals surface area contributed by atoms with Gasteiger partial charge in [-0.25, -0.2) is 9.78 Å². The molecule has 1 aromatic carbocycles. The zero-order valence-electron chi connectivity index (χ0n) is 24.1. The third-order valence-corrected chi connectivity index (χ3v) is 6.99. The Balaban J connectivity index is 1.30. The average molecular weight is 539 g/mol. The molecule has 1 aromatic heterocycles. The number of nitrogens with zero attached hydrogens (tertiary/aromatic N) is 3. The number of aryl methyl sites for hydroxylation is 1. The van der Waals surface area contributed by atoms with Gasteiger partial charge in [-0.15, -0.1) is 0 Å². The third-order valence-electron chi connectivity index (χ3n) is 6.99. The summed E-state index contributed by atoms with van der Waals surface area (Å²) in [5, 5.41) is 2.88. The van der Waals surface area contributed by atoms with Crippen LogP contribution in [-0.4, -0.2) is 63.3 Å². The molecule has 0 saturated carbocycles. The molecule has 2 aliphatic heterocycles. The van der Waals surface area contributed by atoms with Crippen LogP contribution in [0.2, 0.25) is 0 Å². The van der Waals surface area contributed by atoms with Gasteiger partial charge < -0.3 is 24.3 Å². The number of imidazole rings is 1. The number of amides is 2. The van der Waals surface area contributed by atoms with Gasteiger partial charge in [0.2, 0.25) is 0 Å². The fraction of sp³-hybridized carbons (Fsp3) is 0.600. The first-order valence-corrected chi connectivity index (χ1v) is 13.9. The molecule has 1 N–H and O–H groups in total. The van der Waals surface area contributed by atoms with Gasteiger partial charge in [-0.3, -0.25) is 9.59 Å². The summed E-state index contributed by atoms with van der Waals surface area (Å²) in [5.74, 6) is 0.955. The summed E-state index contributed by atoms with van der Waals surface area (Å²) in [6.07, 6.45) is 4.65. The number of nitrogens with one attached hydrogen (secondary N) is 1. The number of ether oxygens (including phenoxy) is 2. The largest absolute Gasteiger partial charge is 0.460 e. The Kier molecular flexibility index (Phi) is 8.37. The number of esters is 1. The molecular weight excluding hydrogens is 496 g/mol. The lowest BCUT2D eigenvalue weighted by molar-refractivity contribution is -0.161. The topological polar surface area (TPSA) is 103 Å². The van der Waals surface area contributed by atoms with Gasteiger partial charge >= 0.3 is 12.1 Å². The summed E-state index contributed by atoms with van der Waals surface area (Å²) < 4.78 is 13.0. The zero-order valence-corrected chi connectivity index (χ0v) is 24.1. The SMILES string of the molecule is CC(C)(C)OC(=O)NCC1CCn2cc(-c3ccc(C(=O)N4CCC(C(=O)OC(C)(C)C)CC4)cc3)nc2C1. The molecule has 2 amide bonds. The molecule has 9 heteroatoms. The van der Waals surface area contributed by atoms with Gasteiger partial charge in [-0.2, -0.15) is 0 Å². The Morgan fingerprint density at radius 1 is 0.923 bits per heavy atom. The minimum Gasteiger partial charge on any atom is -0.460 e. The van der Waals surface area contributed by atoms with Crippen LogP contribution >= 0.6 is 0 Å². The van der Waals surface area contributed by atoms with Crippen molar-refractivity contribution in [2.75, 3.05) is 19.6 Å². The molecular formula is C30H42N4O5. The van der Waals surface area contributed by atoms with Crippen molar-refractivity contribution in [3.05, 3.63) is 41.9 Å². The van der Waals surface area contributed by atoms with Crippen molar-refractivity contribution in [3.8, 4) is 11.3 Å². The number of carbonyl (C=O) groups is 3. The van der Waals surface area contributed by atoms with Gasteiger partial charge in [0.15, 0.2) is 0 Å². The lowest BCUT2D eigenvalue weighted by Gasteiger charge is -2.32. The van der Waals surface area contributed by atoms with Gasteiger partial charge in [0.25, 0.3) is 5.91 Å².